The molecule has 1 amide bonds. The number of hydrogen-bond acceptors (Lipinski definition) is 5. The largest absolute Gasteiger partial charge is 0.376 e. The molecular weight excluding hydrogens is 292 g/mol. The Labute approximate surface area is 126 Å². The molecule has 0 saturated carbocycles. The van der Waals surface area contributed by atoms with Gasteiger partial charge in [0.25, 0.3) is 0 Å². The maximum Gasteiger partial charge on any atom is 0.344 e. The predicted molar refractivity (Wildman–Crippen MR) is 79.0 cm³/mol. The Balaban J connectivity index is 2.01. The van der Waals surface area contributed by atoms with Gasteiger partial charge in [-0.15, -0.1) is 11.5 Å². The molecule has 114 valence electrons. The number of H-pyrrole nitrogens is 1. The van der Waals surface area contributed by atoms with Gasteiger partial charge >= 0.3 is 5.69 Å². The van der Waals surface area contributed by atoms with Gasteiger partial charge < -0.3 is 10.1 Å². The third kappa shape index (κ3) is 4.12. The van der Waals surface area contributed by atoms with Crippen molar-refractivity contribution in [2.24, 2.45) is 0 Å². The molecule has 0 spiro atoms. The quantitative estimate of drug-likeness (QED) is 0.569. The molecule has 1 saturated heterocycles. The monoisotopic (exact) mass is 310 g/mol. The number of thioether (sulfide) groups is 1. The van der Waals surface area contributed by atoms with E-state index in [0.717, 1.165) is 19.4 Å². The van der Waals surface area contributed by atoms with Crippen molar-refractivity contribution in [2.45, 2.75) is 42.8 Å². The zero-order chi connectivity index (χ0) is 15.2. The molecule has 0 aromatic carbocycles. The average Bonchev–Trinajstić information content (AvgIpc) is 3.09. The molecule has 1 fully saturated rings. The third-order valence-electron chi connectivity index (χ3n) is 3.15. The fraction of sp³-hybridized carbons (Fsp3) is 0.615. The summed E-state index contributed by atoms with van der Waals surface area (Å²) in [5.41, 5.74) is -0.288. The summed E-state index contributed by atoms with van der Waals surface area (Å²) in [6.07, 6.45) is 7.07. The second-order valence-electron chi connectivity index (χ2n) is 4.74. The van der Waals surface area contributed by atoms with Crippen molar-refractivity contribution in [1.82, 2.24) is 20.1 Å². The first kappa shape index (κ1) is 15.7. The molecule has 0 bridgehead atoms. The Morgan fingerprint density at radius 1 is 1.76 bits per heavy atom. The summed E-state index contributed by atoms with van der Waals surface area (Å²) < 4.78 is 7.05. The minimum Gasteiger partial charge on any atom is -0.376 e. The minimum absolute atomic E-state index is 0.0326. The van der Waals surface area contributed by atoms with Crippen molar-refractivity contribution in [3.63, 3.8) is 0 Å². The number of ether oxygens (including phenoxy) is 1. The van der Waals surface area contributed by atoms with Crippen LogP contribution < -0.4 is 11.0 Å². The van der Waals surface area contributed by atoms with E-state index in [9.17, 15) is 9.59 Å². The second-order valence-corrected chi connectivity index (χ2v) is 6.05. The molecule has 2 heterocycles. The summed E-state index contributed by atoms with van der Waals surface area (Å²) in [4.78, 5) is 23.6. The Morgan fingerprint density at radius 3 is 3.24 bits per heavy atom. The van der Waals surface area contributed by atoms with Crippen molar-refractivity contribution >= 4 is 17.7 Å². The Hall–Kier alpha value is -1.72. The van der Waals surface area contributed by atoms with Crippen molar-refractivity contribution in [3.05, 3.63) is 10.5 Å². The van der Waals surface area contributed by atoms with Crippen LogP contribution in [0, 0.1) is 12.3 Å². The maximum absolute atomic E-state index is 11.8. The van der Waals surface area contributed by atoms with Crippen LogP contribution in [0.1, 0.15) is 19.8 Å². The highest BCUT2D eigenvalue weighted by Gasteiger charge is 2.22. The first-order valence-corrected chi connectivity index (χ1v) is 7.64. The molecule has 2 N–H and O–H groups in total. The number of nitrogens with zero attached hydrogens (tertiary/aromatic N) is 2. The Kier molecular flexibility index (Phi) is 5.47. The molecular formula is C13H18N4O3S. The van der Waals surface area contributed by atoms with E-state index in [4.69, 9.17) is 11.2 Å². The molecule has 21 heavy (non-hydrogen) atoms. The molecule has 1 aliphatic heterocycles. The lowest BCUT2D eigenvalue weighted by Crippen LogP contribution is -2.31. The van der Waals surface area contributed by atoms with Gasteiger partial charge in [-0.1, -0.05) is 17.7 Å². The van der Waals surface area contributed by atoms with Crippen molar-refractivity contribution < 1.29 is 9.53 Å². The van der Waals surface area contributed by atoms with Gasteiger partial charge in [0.1, 0.15) is 0 Å². The van der Waals surface area contributed by atoms with E-state index in [1.807, 2.05) is 0 Å². The third-order valence-corrected chi connectivity index (χ3v) is 4.24. The molecule has 2 atom stereocenters. The molecule has 1 aliphatic rings. The van der Waals surface area contributed by atoms with Crippen LogP contribution in [0.2, 0.25) is 0 Å². The van der Waals surface area contributed by atoms with Gasteiger partial charge in [0.05, 0.1) is 24.4 Å². The standard InChI is InChI=1S/C13H18N4O3S/c1-3-6-14-11(18)9(2)21-13-16-15-12(19)17(13)8-10-5-4-7-20-10/h1,9-10H,4-8H2,2H3,(H,14,18)(H,15,19). The van der Waals surface area contributed by atoms with Crippen molar-refractivity contribution in [1.29, 1.82) is 0 Å². The molecule has 2 unspecified atom stereocenters. The number of aromatic nitrogens is 3. The zero-order valence-electron chi connectivity index (χ0n) is 11.8. The Bertz CT molecular complexity index is 583. The fourth-order valence-corrected chi connectivity index (χ4v) is 2.93. The molecule has 1 aromatic heterocycles. The van der Waals surface area contributed by atoms with Crippen LogP contribution in [0.4, 0.5) is 0 Å². The Morgan fingerprint density at radius 2 is 2.57 bits per heavy atom. The van der Waals surface area contributed by atoms with E-state index in [-0.39, 0.29) is 24.2 Å². The number of nitrogens with one attached hydrogen (secondary N) is 2. The topological polar surface area (TPSA) is 89.0 Å². The highest BCUT2D eigenvalue weighted by molar-refractivity contribution is 8.00. The fourth-order valence-electron chi connectivity index (χ4n) is 2.04. The summed E-state index contributed by atoms with van der Waals surface area (Å²) in [6.45, 7) is 3.11. The van der Waals surface area contributed by atoms with E-state index >= 15 is 0 Å². The summed E-state index contributed by atoms with van der Waals surface area (Å²) in [7, 11) is 0. The van der Waals surface area contributed by atoms with Crippen LogP contribution in [0.3, 0.4) is 0 Å². The molecule has 8 heteroatoms. The first-order chi connectivity index (χ1) is 10.1. The summed E-state index contributed by atoms with van der Waals surface area (Å²) in [5, 5.41) is 9.09. The molecule has 2 rings (SSSR count). The lowest BCUT2D eigenvalue weighted by atomic mass is 10.2. The van der Waals surface area contributed by atoms with Gasteiger partial charge in [0, 0.05) is 6.61 Å². The number of aromatic amines is 1. The van der Waals surface area contributed by atoms with E-state index in [1.54, 1.807) is 6.92 Å². The van der Waals surface area contributed by atoms with Gasteiger partial charge in [-0.3, -0.25) is 9.36 Å². The second kappa shape index (κ2) is 7.33. The van der Waals surface area contributed by atoms with Gasteiger partial charge in [0.15, 0.2) is 5.16 Å². The SMILES string of the molecule is C#CCNC(=O)C(C)Sc1n[nH]c(=O)n1CC1CCCO1. The van der Waals surface area contributed by atoms with Crippen molar-refractivity contribution in [2.75, 3.05) is 13.2 Å². The van der Waals surface area contributed by atoms with E-state index in [2.05, 4.69) is 21.4 Å². The lowest BCUT2D eigenvalue weighted by molar-refractivity contribution is -0.120. The number of terminal acetylenes is 1. The molecule has 7 nitrogen and oxygen atoms in total. The van der Waals surface area contributed by atoms with Gasteiger partial charge in [-0.25, -0.2) is 9.89 Å². The number of carbonyl (C=O) groups is 1. The average molecular weight is 310 g/mol. The van der Waals surface area contributed by atoms with Crippen LogP contribution in [0.25, 0.3) is 0 Å². The predicted octanol–water partition coefficient (Wildman–Crippen LogP) is -0.0196. The summed E-state index contributed by atoms with van der Waals surface area (Å²) >= 11 is 1.22. The number of rotatable bonds is 6. The molecule has 0 aliphatic carbocycles. The summed E-state index contributed by atoms with van der Waals surface area (Å²) in [5.74, 6) is 2.16. The lowest BCUT2D eigenvalue weighted by Gasteiger charge is -2.13. The number of carbonyl (C=O) groups excluding carboxylic acids is 1. The smallest absolute Gasteiger partial charge is 0.344 e. The normalized spacial score (nSPS) is 19.1. The van der Waals surface area contributed by atoms with E-state index in [1.165, 1.54) is 16.3 Å². The van der Waals surface area contributed by atoms with Crippen LogP contribution in [-0.4, -0.2) is 45.2 Å². The van der Waals surface area contributed by atoms with Crippen LogP contribution in [-0.2, 0) is 16.1 Å². The van der Waals surface area contributed by atoms with Gasteiger partial charge in [-0.05, 0) is 19.8 Å². The van der Waals surface area contributed by atoms with Crippen LogP contribution in [0.15, 0.2) is 9.95 Å². The first-order valence-electron chi connectivity index (χ1n) is 6.76. The van der Waals surface area contributed by atoms with E-state index in [0.29, 0.717) is 11.7 Å². The molecule has 1 aromatic rings. The summed E-state index contributed by atoms with van der Waals surface area (Å²) in [6, 6.07) is 0. The molecule has 0 radical (unpaired) electrons. The van der Waals surface area contributed by atoms with Gasteiger partial charge in [-0.2, -0.15) is 0 Å². The maximum atomic E-state index is 11.8. The van der Waals surface area contributed by atoms with Crippen molar-refractivity contribution in [3.8, 4) is 12.3 Å². The zero-order valence-corrected chi connectivity index (χ0v) is 12.6. The van der Waals surface area contributed by atoms with Crippen LogP contribution >= 0.6 is 11.8 Å². The van der Waals surface area contributed by atoms with Gasteiger partial charge in [0.2, 0.25) is 5.91 Å². The highest BCUT2D eigenvalue weighted by atomic mass is 32.2. The van der Waals surface area contributed by atoms with Crippen LogP contribution in [0.5, 0.6) is 0 Å². The number of hydrogen-bond donors (Lipinski definition) is 2. The highest BCUT2D eigenvalue weighted by Crippen LogP contribution is 2.21. The van der Waals surface area contributed by atoms with E-state index < -0.39 is 5.25 Å². The number of amides is 1. The minimum atomic E-state index is -0.392.